The molecule has 1 aliphatic heterocycles. The molecule has 0 bridgehead atoms. The summed E-state index contributed by atoms with van der Waals surface area (Å²) in [5, 5.41) is 4.07. The fourth-order valence-corrected chi connectivity index (χ4v) is 1.90. The number of fused-ring (bicyclic) bond motifs is 1. The van der Waals surface area contributed by atoms with E-state index in [1.54, 1.807) is 6.20 Å². The molecule has 0 amide bonds. The SMILES string of the molecule is CC.CC.CC.CC1=CB(N=[N+]=[N-])c2c1ccnc2Cl. The Balaban J connectivity index is 0. The van der Waals surface area contributed by atoms with Gasteiger partial charge < -0.3 is 0 Å². The zero-order valence-corrected chi connectivity index (χ0v) is 14.2. The number of halogens is 1. The summed E-state index contributed by atoms with van der Waals surface area (Å²) in [6, 6.07) is 1.87. The Kier molecular flexibility index (Phi) is 13.1. The molecule has 2 heterocycles. The highest BCUT2D eigenvalue weighted by molar-refractivity contribution is 6.81. The van der Waals surface area contributed by atoms with Crippen LogP contribution in [0.25, 0.3) is 16.0 Å². The molecule has 20 heavy (non-hydrogen) atoms. The average molecular weight is 295 g/mol. The third kappa shape index (κ3) is 5.28. The molecule has 1 aromatic rings. The molecule has 2 rings (SSSR count). The largest absolute Gasteiger partial charge is 0.305 e. The van der Waals surface area contributed by atoms with Crippen molar-refractivity contribution in [1.82, 2.24) is 4.98 Å². The number of pyridine rings is 1. The van der Waals surface area contributed by atoms with Gasteiger partial charge in [0.05, 0.1) is 0 Å². The van der Waals surface area contributed by atoms with Gasteiger partial charge in [0.1, 0.15) is 5.15 Å². The number of nitrogens with zero attached hydrogens (tertiary/aromatic N) is 4. The Labute approximate surface area is 128 Å². The second-order valence-corrected chi connectivity index (χ2v) is 3.42. The minimum Gasteiger partial charge on any atom is -0.245 e. The highest BCUT2D eigenvalue weighted by Crippen LogP contribution is 2.22. The van der Waals surface area contributed by atoms with E-state index < -0.39 is 0 Å². The van der Waals surface area contributed by atoms with Crippen LogP contribution in [-0.4, -0.2) is 11.8 Å². The zero-order chi connectivity index (χ0) is 16.1. The molecule has 0 fully saturated rings. The summed E-state index contributed by atoms with van der Waals surface area (Å²) in [6.45, 7) is 13.7. The Morgan fingerprint density at radius 1 is 1.20 bits per heavy atom. The molecule has 0 atom stereocenters. The first-order valence-electron chi connectivity index (χ1n) is 7.11. The van der Waals surface area contributed by atoms with Crippen molar-refractivity contribution < 1.29 is 0 Å². The summed E-state index contributed by atoms with van der Waals surface area (Å²) in [5.74, 6) is 1.89. The van der Waals surface area contributed by atoms with Crippen LogP contribution in [0.15, 0.2) is 23.3 Å². The Hall–Kier alpha value is -1.45. The standard InChI is InChI=1S/C8H6BClN4.3C2H6/c1-5-4-9(13-14-11)7-6(5)2-3-12-8(7)10;3*1-2/h2-4H,1H3;3*1-2H3. The summed E-state index contributed by atoms with van der Waals surface area (Å²) < 4.78 is 0. The molecule has 6 heteroatoms. The zero-order valence-electron chi connectivity index (χ0n) is 13.5. The Morgan fingerprint density at radius 2 is 1.75 bits per heavy atom. The lowest BCUT2D eigenvalue weighted by Gasteiger charge is -2.03. The number of rotatable bonds is 1. The number of hydrogen-bond donors (Lipinski definition) is 0. The van der Waals surface area contributed by atoms with Crippen LogP contribution in [0, 0.1) is 0 Å². The van der Waals surface area contributed by atoms with Gasteiger partial charge in [0, 0.05) is 6.20 Å². The highest BCUT2D eigenvalue weighted by atomic mass is 35.5. The van der Waals surface area contributed by atoms with Crippen molar-refractivity contribution in [2.75, 3.05) is 0 Å². The van der Waals surface area contributed by atoms with Gasteiger partial charge in [-0.25, -0.2) is 4.98 Å². The van der Waals surface area contributed by atoms with E-state index in [0.29, 0.717) is 5.15 Å². The smallest absolute Gasteiger partial charge is 0.245 e. The van der Waals surface area contributed by atoms with Crippen molar-refractivity contribution in [3.05, 3.63) is 39.4 Å². The molecule has 0 N–H and O–H groups in total. The third-order valence-corrected chi connectivity index (χ3v) is 2.55. The van der Waals surface area contributed by atoms with Gasteiger partial charge in [0.15, 0.2) is 0 Å². The second kappa shape index (κ2) is 12.6. The molecular weight excluding hydrogens is 270 g/mol. The van der Waals surface area contributed by atoms with Crippen LogP contribution in [0.1, 0.15) is 54.0 Å². The molecule has 110 valence electrons. The second-order valence-electron chi connectivity index (χ2n) is 3.06. The summed E-state index contributed by atoms with van der Waals surface area (Å²) in [6.07, 6.45) is 1.65. The average Bonchev–Trinajstić information content (AvgIpc) is 2.84. The van der Waals surface area contributed by atoms with Gasteiger partial charge in [0.25, 0.3) is 0 Å². The molecule has 0 spiro atoms. The minimum absolute atomic E-state index is 0.309. The molecule has 0 saturated heterocycles. The fourth-order valence-electron chi connectivity index (χ4n) is 1.63. The maximum absolute atomic E-state index is 8.39. The highest BCUT2D eigenvalue weighted by Gasteiger charge is 2.26. The molecule has 4 nitrogen and oxygen atoms in total. The van der Waals surface area contributed by atoms with Crippen LogP contribution in [0.2, 0.25) is 5.15 Å². The lowest BCUT2D eigenvalue weighted by atomic mass is 9.60. The van der Waals surface area contributed by atoms with Gasteiger partial charge in [0.2, 0.25) is 0 Å². The maximum Gasteiger partial charge on any atom is 0.305 e. The van der Waals surface area contributed by atoms with Gasteiger partial charge >= 0.3 is 6.85 Å². The first kappa shape index (κ1) is 20.9. The van der Waals surface area contributed by atoms with E-state index in [1.807, 2.05) is 60.5 Å². The summed E-state index contributed by atoms with van der Waals surface area (Å²) in [4.78, 5) is 6.75. The maximum atomic E-state index is 8.39. The first-order chi connectivity index (χ1) is 9.74. The van der Waals surface area contributed by atoms with E-state index in [0.717, 1.165) is 16.6 Å². The lowest BCUT2D eigenvalue weighted by molar-refractivity contribution is 1.34. The molecule has 0 aromatic carbocycles. The van der Waals surface area contributed by atoms with Crippen LogP contribution in [-0.2, 0) is 0 Å². The van der Waals surface area contributed by atoms with Crippen molar-refractivity contribution in [3.8, 4) is 0 Å². The summed E-state index contributed by atoms with van der Waals surface area (Å²) >= 11 is 5.94. The summed E-state index contributed by atoms with van der Waals surface area (Å²) in [7, 11) is 0. The monoisotopic (exact) mass is 294 g/mol. The fraction of sp³-hybridized carbons (Fsp3) is 0.500. The van der Waals surface area contributed by atoms with E-state index in [9.17, 15) is 0 Å². The number of aromatic nitrogens is 1. The van der Waals surface area contributed by atoms with Crippen LogP contribution in [0.5, 0.6) is 0 Å². The molecule has 0 radical (unpaired) electrons. The number of hydrogen-bond acceptors (Lipinski definition) is 2. The molecule has 1 aliphatic rings. The number of allylic oxidation sites excluding steroid dienone is 1. The topological polar surface area (TPSA) is 61.7 Å². The predicted octanol–water partition coefficient (Wildman–Crippen LogP) is 5.28. The van der Waals surface area contributed by atoms with Crippen LogP contribution in [0.3, 0.4) is 0 Å². The molecule has 0 unspecified atom stereocenters. The molecule has 0 saturated carbocycles. The van der Waals surface area contributed by atoms with Gasteiger partial charge in [-0.05, 0) is 34.5 Å². The Morgan fingerprint density at radius 3 is 2.25 bits per heavy atom. The summed E-state index contributed by atoms with van der Waals surface area (Å²) in [5.41, 5.74) is 11.3. The van der Waals surface area contributed by atoms with Crippen LogP contribution in [0.4, 0.5) is 0 Å². The van der Waals surface area contributed by atoms with Crippen molar-refractivity contribution >= 4 is 29.5 Å². The van der Waals surface area contributed by atoms with E-state index in [4.69, 9.17) is 17.1 Å². The predicted molar refractivity (Wildman–Crippen MR) is 91.5 cm³/mol. The van der Waals surface area contributed by atoms with E-state index in [-0.39, 0.29) is 6.85 Å². The quantitative estimate of drug-likeness (QED) is 0.228. The van der Waals surface area contributed by atoms with Crippen LogP contribution < -0.4 is 5.46 Å². The van der Waals surface area contributed by atoms with Gasteiger partial charge in [-0.3, -0.25) is 0 Å². The molecule has 1 aromatic heterocycles. The minimum atomic E-state index is -0.309. The first-order valence-corrected chi connectivity index (χ1v) is 7.49. The van der Waals surface area contributed by atoms with Crippen LogP contribution >= 0.6 is 11.6 Å². The molecule has 0 aliphatic carbocycles. The lowest BCUT2D eigenvalue weighted by Crippen LogP contribution is -2.26. The van der Waals surface area contributed by atoms with Crippen molar-refractivity contribution in [1.29, 1.82) is 0 Å². The van der Waals surface area contributed by atoms with Crippen molar-refractivity contribution in [2.45, 2.75) is 48.5 Å². The normalized spacial score (nSPS) is 10.2. The van der Waals surface area contributed by atoms with E-state index >= 15 is 0 Å². The molecular formula is C14H24BClN4. The van der Waals surface area contributed by atoms with Crippen molar-refractivity contribution in [3.63, 3.8) is 0 Å². The van der Waals surface area contributed by atoms with Gasteiger partial charge in [-0.2, -0.15) is 0 Å². The number of azide groups is 1. The van der Waals surface area contributed by atoms with Gasteiger partial charge in [-0.1, -0.05) is 58.7 Å². The third-order valence-electron chi connectivity index (χ3n) is 2.25. The van der Waals surface area contributed by atoms with E-state index in [1.165, 1.54) is 0 Å². The Bertz CT molecular complexity index is 468. The van der Waals surface area contributed by atoms with E-state index in [2.05, 4.69) is 14.9 Å². The van der Waals surface area contributed by atoms with Crippen molar-refractivity contribution in [2.24, 2.45) is 5.03 Å². The van der Waals surface area contributed by atoms with Gasteiger partial charge in [-0.15, -0.1) is 11.0 Å².